The topological polar surface area (TPSA) is 73.9 Å². The molecule has 0 atom stereocenters. The number of methoxy groups -OCH3 is 2. The molecule has 1 N–H and O–H groups in total. The van der Waals surface area contributed by atoms with E-state index in [0.29, 0.717) is 6.29 Å². The smallest absolute Gasteiger partial charge is 0.416 e. The van der Waals surface area contributed by atoms with Crippen LogP contribution in [0.25, 0.3) is 0 Å². The van der Waals surface area contributed by atoms with E-state index < -0.39 is 24.3 Å². The molecule has 0 saturated carbocycles. The molecule has 0 aliphatic rings. The van der Waals surface area contributed by atoms with Crippen LogP contribution in [0.1, 0.15) is 15.9 Å². The zero-order valence-electron chi connectivity index (χ0n) is 14.4. The molecule has 0 saturated heterocycles. The Morgan fingerprint density at radius 3 is 2.26 bits per heavy atom. The van der Waals surface area contributed by atoms with E-state index in [1.165, 1.54) is 38.5 Å². The first-order valence-electron chi connectivity index (χ1n) is 7.59. The van der Waals surface area contributed by atoms with Gasteiger partial charge in [-0.1, -0.05) is 6.07 Å². The van der Waals surface area contributed by atoms with Crippen LogP contribution in [0, 0.1) is 0 Å². The molecule has 0 unspecified atom stereocenters. The molecule has 0 aromatic heterocycles. The SMILES string of the molecule is COc1cc(C=O)cc(OC)c1OCC(=O)Nc1cccc(C(F)(F)F)c1. The van der Waals surface area contributed by atoms with Crippen LogP contribution in [0.2, 0.25) is 0 Å². The van der Waals surface area contributed by atoms with Gasteiger partial charge in [-0.15, -0.1) is 0 Å². The molecule has 0 bridgehead atoms. The third kappa shape index (κ3) is 5.13. The molecule has 0 fully saturated rings. The lowest BCUT2D eigenvalue weighted by atomic mass is 10.2. The summed E-state index contributed by atoms with van der Waals surface area (Å²) in [6.45, 7) is -0.511. The summed E-state index contributed by atoms with van der Waals surface area (Å²) in [6, 6.07) is 7.02. The zero-order chi connectivity index (χ0) is 20.0. The van der Waals surface area contributed by atoms with Gasteiger partial charge in [0, 0.05) is 11.3 Å². The number of hydrogen-bond acceptors (Lipinski definition) is 5. The van der Waals surface area contributed by atoms with E-state index in [4.69, 9.17) is 14.2 Å². The van der Waals surface area contributed by atoms with Gasteiger partial charge in [-0.25, -0.2) is 0 Å². The average Bonchev–Trinajstić information content (AvgIpc) is 2.65. The van der Waals surface area contributed by atoms with Crippen LogP contribution in [0.4, 0.5) is 18.9 Å². The number of nitrogens with one attached hydrogen (secondary N) is 1. The largest absolute Gasteiger partial charge is 0.493 e. The molecule has 2 aromatic rings. The highest BCUT2D eigenvalue weighted by atomic mass is 19.4. The van der Waals surface area contributed by atoms with Crippen LogP contribution in [0.15, 0.2) is 36.4 Å². The van der Waals surface area contributed by atoms with Crippen LogP contribution in [0.3, 0.4) is 0 Å². The molecule has 9 heteroatoms. The number of halogens is 3. The Morgan fingerprint density at radius 1 is 1.11 bits per heavy atom. The second-order valence-electron chi connectivity index (χ2n) is 5.29. The van der Waals surface area contributed by atoms with Crippen LogP contribution in [0.5, 0.6) is 17.2 Å². The fourth-order valence-electron chi connectivity index (χ4n) is 2.22. The van der Waals surface area contributed by atoms with Crippen molar-refractivity contribution in [2.45, 2.75) is 6.18 Å². The van der Waals surface area contributed by atoms with Crippen molar-refractivity contribution in [1.29, 1.82) is 0 Å². The monoisotopic (exact) mass is 383 g/mol. The van der Waals surface area contributed by atoms with Gasteiger partial charge in [-0.3, -0.25) is 9.59 Å². The second kappa shape index (κ2) is 8.43. The van der Waals surface area contributed by atoms with Gasteiger partial charge in [0.15, 0.2) is 18.1 Å². The second-order valence-corrected chi connectivity index (χ2v) is 5.29. The van der Waals surface area contributed by atoms with Gasteiger partial charge in [-0.2, -0.15) is 13.2 Å². The predicted molar refractivity (Wildman–Crippen MR) is 90.5 cm³/mol. The van der Waals surface area contributed by atoms with Gasteiger partial charge < -0.3 is 19.5 Å². The molecule has 2 rings (SSSR count). The summed E-state index contributed by atoms with van der Waals surface area (Å²) >= 11 is 0. The third-order valence-electron chi connectivity index (χ3n) is 3.44. The first-order chi connectivity index (χ1) is 12.8. The number of hydrogen-bond donors (Lipinski definition) is 1. The number of aldehydes is 1. The summed E-state index contributed by atoms with van der Waals surface area (Å²) in [5, 5.41) is 2.32. The van der Waals surface area contributed by atoms with Crippen molar-refractivity contribution in [2.24, 2.45) is 0 Å². The zero-order valence-corrected chi connectivity index (χ0v) is 14.4. The number of anilines is 1. The van der Waals surface area contributed by atoms with Crippen molar-refractivity contribution in [3.05, 3.63) is 47.5 Å². The molecule has 0 radical (unpaired) electrons. The van der Waals surface area contributed by atoms with Gasteiger partial charge >= 0.3 is 6.18 Å². The van der Waals surface area contributed by atoms with Crippen LogP contribution >= 0.6 is 0 Å². The van der Waals surface area contributed by atoms with Crippen molar-refractivity contribution in [1.82, 2.24) is 0 Å². The fourth-order valence-corrected chi connectivity index (χ4v) is 2.22. The van der Waals surface area contributed by atoms with E-state index in [9.17, 15) is 22.8 Å². The molecule has 1 amide bonds. The molecule has 0 aliphatic carbocycles. The standard InChI is InChI=1S/C18H16F3NO5/c1-25-14-6-11(9-23)7-15(26-2)17(14)27-10-16(24)22-13-5-3-4-12(8-13)18(19,20)21/h3-9H,10H2,1-2H3,(H,22,24). The maximum Gasteiger partial charge on any atom is 0.416 e. The van der Waals surface area contributed by atoms with Gasteiger partial charge in [0.25, 0.3) is 5.91 Å². The van der Waals surface area contributed by atoms with E-state index in [1.54, 1.807) is 0 Å². The number of benzene rings is 2. The third-order valence-corrected chi connectivity index (χ3v) is 3.44. The molecule has 0 heterocycles. The summed E-state index contributed by atoms with van der Waals surface area (Å²) in [7, 11) is 2.69. The minimum Gasteiger partial charge on any atom is -0.493 e. The molecule has 144 valence electrons. The number of amides is 1. The number of carbonyl (C=O) groups excluding carboxylic acids is 2. The maximum atomic E-state index is 12.7. The highest BCUT2D eigenvalue weighted by Crippen LogP contribution is 2.38. The van der Waals surface area contributed by atoms with Gasteiger partial charge in [0.05, 0.1) is 19.8 Å². The highest BCUT2D eigenvalue weighted by molar-refractivity contribution is 5.92. The molecule has 27 heavy (non-hydrogen) atoms. The van der Waals surface area contributed by atoms with E-state index in [1.807, 2.05) is 0 Å². The summed E-state index contributed by atoms with van der Waals surface area (Å²) < 4.78 is 53.7. The average molecular weight is 383 g/mol. The minimum absolute atomic E-state index is 0.0198. The normalized spacial score (nSPS) is 10.9. The summed E-state index contributed by atoms with van der Waals surface area (Å²) in [6.07, 6.45) is -3.92. The van der Waals surface area contributed by atoms with E-state index in [0.717, 1.165) is 12.1 Å². The highest BCUT2D eigenvalue weighted by Gasteiger charge is 2.30. The Kier molecular flexibility index (Phi) is 6.27. The molecule has 0 spiro atoms. The summed E-state index contributed by atoms with van der Waals surface area (Å²) in [5.41, 5.74) is -0.618. The van der Waals surface area contributed by atoms with Crippen molar-refractivity contribution in [3.63, 3.8) is 0 Å². The first kappa shape index (κ1) is 20.1. The number of ether oxygens (including phenoxy) is 3. The number of rotatable bonds is 7. The van der Waals surface area contributed by atoms with Crippen LogP contribution < -0.4 is 19.5 Å². The molecule has 2 aromatic carbocycles. The first-order valence-corrected chi connectivity index (χ1v) is 7.59. The van der Waals surface area contributed by atoms with Crippen LogP contribution in [-0.4, -0.2) is 33.0 Å². The minimum atomic E-state index is -4.52. The Hall–Kier alpha value is -3.23. The predicted octanol–water partition coefficient (Wildman–Crippen LogP) is 3.55. The van der Waals surface area contributed by atoms with Gasteiger partial charge in [-0.05, 0) is 30.3 Å². The van der Waals surface area contributed by atoms with E-state index in [-0.39, 0.29) is 28.5 Å². The van der Waals surface area contributed by atoms with Crippen molar-refractivity contribution >= 4 is 17.9 Å². The van der Waals surface area contributed by atoms with E-state index in [2.05, 4.69) is 5.32 Å². The van der Waals surface area contributed by atoms with Crippen molar-refractivity contribution in [3.8, 4) is 17.2 Å². The molecular formula is C18H16F3NO5. The lowest BCUT2D eigenvalue weighted by molar-refractivity contribution is -0.137. The van der Waals surface area contributed by atoms with Crippen molar-refractivity contribution < 1.29 is 37.0 Å². The summed E-state index contributed by atoms with van der Waals surface area (Å²) in [5.74, 6) is -0.255. The molecule has 6 nitrogen and oxygen atoms in total. The quantitative estimate of drug-likeness (QED) is 0.741. The maximum absolute atomic E-state index is 12.7. The Morgan fingerprint density at radius 2 is 1.74 bits per heavy atom. The van der Waals surface area contributed by atoms with Gasteiger partial charge in [0.2, 0.25) is 5.75 Å². The lowest BCUT2D eigenvalue weighted by Gasteiger charge is -2.15. The fraction of sp³-hybridized carbons (Fsp3) is 0.222. The number of carbonyl (C=O) groups is 2. The molecular weight excluding hydrogens is 367 g/mol. The Balaban J connectivity index is 2.11. The molecule has 0 aliphatic heterocycles. The van der Waals surface area contributed by atoms with Gasteiger partial charge in [0.1, 0.15) is 6.29 Å². The number of alkyl halides is 3. The van der Waals surface area contributed by atoms with Crippen molar-refractivity contribution in [2.75, 3.05) is 26.1 Å². The lowest BCUT2D eigenvalue weighted by Crippen LogP contribution is -2.21. The Bertz CT molecular complexity index is 811. The van der Waals surface area contributed by atoms with E-state index >= 15 is 0 Å². The summed E-state index contributed by atoms with van der Waals surface area (Å²) in [4.78, 5) is 22.9. The Labute approximate surface area is 152 Å². The van der Waals surface area contributed by atoms with Crippen LogP contribution in [-0.2, 0) is 11.0 Å².